The van der Waals surface area contributed by atoms with Crippen LogP contribution in [0.1, 0.15) is 28.7 Å². The number of nitrogens with one attached hydrogen (secondary N) is 1. The standard InChI is InChI=1S/C22H21N3O/c1-4-25-20-8-6-5-7-18(20)19-13-16(10-12-21(19)25)24-22(26)17-11-9-14(2)23-15(17)3/h5-13H,4H2,1-3H3,(H,24,26). The van der Waals surface area contributed by atoms with Gasteiger partial charge in [0.1, 0.15) is 0 Å². The van der Waals surface area contributed by atoms with E-state index in [2.05, 4.69) is 52.1 Å². The van der Waals surface area contributed by atoms with E-state index in [4.69, 9.17) is 0 Å². The molecule has 0 aliphatic heterocycles. The maximum absolute atomic E-state index is 12.7. The first-order chi connectivity index (χ1) is 12.6. The zero-order valence-corrected chi connectivity index (χ0v) is 15.2. The SMILES string of the molecule is CCn1c2ccccc2c2cc(NC(=O)c3ccc(C)nc3C)ccc21. The summed E-state index contributed by atoms with van der Waals surface area (Å²) in [5.74, 6) is -0.131. The molecule has 0 spiro atoms. The lowest BCUT2D eigenvalue weighted by atomic mass is 10.1. The van der Waals surface area contributed by atoms with E-state index in [-0.39, 0.29) is 5.91 Å². The van der Waals surface area contributed by atoms with Crippen LogP contribution in [0, 0.1) is 13.8 Å². The molecule has 0 saturated heterocycles. The van der Waals surface area contributed by atoms with Gasteiger partial charge in [-0.25, -0.2) is 0 Å². The highest BCUT2D eigenvalue weighted by atomic mass is 16.1. The fourth-order valence-electron chi connectivity index (χ4n) is 3.60. The molecule has 2 aromatic carbocycles. The number of pyridine rings is 1. The first-order valence-corrected chi connectivity index (χ1v) is 8.85. The molecule has 0 atom stereocenters. The number of aryl methyl sites for hydroxylation is 3. The van der Waals surface area contributed by atoms with Crippen LogP contribution in [0.4, 0.5) is 5.69 Å². The molecule has 130 valence electrons. The van der Waals surface area contributed by atoms with E-state index < -0.39 is 0 Å². The second kappa shape index (κ2) is 6.30. The zero-order chi connectivity index (χ0) is 18.3. The monoisotopic (exact) mass is 343 g/mol. The number of anilines is 1. The van der Waals surface area contributed by atoms with Crippen LogP contribution in [0.25, 0.3) is 21.8 Å². The van der Waals surface area contributed by atoms with Crippen molar-refractivity contribution in [2.75, 3.05) is 5.32 Å². The third-order valence-electron chi connectivity index (χ3n) is 4.82. The maximum atomic E-state index is 12.7. The lowest BCUT2D eigenvalue weighted by Crippen LogP contribution is -2.14. The van der Waals surface area contributed by atoms with Gasteiger partial charge in [0, 0.05) is 39.7 Å². The molecule has 0 fully saturated rings. The van der Waals surface area contributed by atoms with Crippen LogP contribution >= 0.6 is 0 Å². The van der Waals surface area contributed by atoms with E-state index in [1.165, 1.54) is 16.4 Å². The Morgan fingerprint density at radius 2 is 1.77 bits per heavy atom. The fraction of sp³-hybridized carbons (Fsp3) is 0.182. The van der Waals surface area contributed by atoms with Crippen molar-refractivity contribution < 1.29 is 4.79 Å². The van der Waals surface area contributed by atoms with E-state index in [1.54, 1.807) is 0 Å². The Morgan fingerprint density at radius 3 is 2.54 bits per heavy atom. The van der Waals surface area contributed by atoms with Gasteiger partial charge < -0.3 is 9.88 Å². The number of para-hydroxylation sites is 1. The zero-order valence-electron chi connectivity index (χ0n) is 15.2. The molecule has 4 aromatic rings. The second-order valence-corrected chi connectivity index (χ2v) is 6.53. The van der Waals surface area contributed by atoms with E-state index in [0.29, 0.717) is 5.56 Å². The summed E-state index contributed by atoms with van der Waals surface area (Å²) in [6.07, 6.45) is 0. The molecule has 0 radical (unpaired) electrons. The van der Waals surface area contributed by atoms with Crippen LogP contribution in [0.15, 0.2) is 54.6 Å². The molecule has 4 heteroatoms. The summed E-state index contributed by atoms with van der Waals surface area (Å²) >= 11 is 0. The Labute approximate surface area is 152 Å². The van der Waals surface area contributed by atoms with Crippen molar-refractivity contribution in [3.05, 3.63) is 71.5 Å². The van der Waals surface area contributed by atoms with Gasteiger partial charge in [0.05, 0.1) is 11.3 Å². The molecule has 2 heterocycles. The van der Waals surface area contributed by atoms with Gasteiger partial charge in [-0.05, 0) is 57.2 Å². The van der Waals surface area contributed by atoms with E-state index in [1.807, 2.05) is 38.1 Å². The normalized spacial score (nSPS) is 11.2. The number of hydrogen-bond acceptors (Lipinski definition) is 2. The molecule has 0 bridgehead atoms. The van der Waals surface area contributed by atoms with Crippen LogP contribution in [0.2, 0.25) is 0 Å². The number of carbonyl (C=O) groups excluding carboxylic acids is 1. The van der Waals surface area contributed by atoms with E-state index in [9.17, 15) is 4.79 Å². The lowest BCUT2D eigenvalue weighted by Gasteiger charge is -2.09. The summed E-state index contributed by atoms with van der Waals surface area (Å²) in [6, 6.07) is 18.2. The number of aromatic nitrogens is 2. The molecule has 4 nitrogen and oxygen atoms in total. The van der Waals surface area contributed by atoms with Gasteiger partial charge in [0.15, 0.2) is 0 Å². The summed E-state index contributed by atoms with van der Waals surface area (Å²) in [5, 5.41) is 5.37. The molecular formula is C22H21N3O. The van der Waals surface area contributed by atoms with Gasteiger partial charge >= 0.3 is 0 Å². The van der Waals surface area contributed by atoms with Gasteiger partial charge in [-0.1, -0.05) is 18.2 Å². The number of carbonyl (C=O) groups is 1. The molecule has 26 heavy (non-hydrogen) atoms. The van der Waals surface area contributed by atoms with Crippen molar-refractivity contribution in [2.24, 2.45) is 0 Å². The van der Waals surface area contributed by atoms with E-state index >= 15 is 0 Å². The van der Waals surface area contributed by atoms with Crippen LogP contribution in [0.5, 0.6) is 0 Å². The first kappa shape index (κ1) is 16.3. The Balaban J connectivity index is 1.76. The molecule has 1 N–H and O–H groups in total. The predicted molar refractivity (Wildman–Crippen MR) is 107 cm³/mol. The third-order valence-corrected chi connectivity index (χ3v) is 4.82. The first-order valence-electron chi connectivity index (χ1n) is 8.85. The molecule has 2 aromatic heterocycles. The number of amides is 1. The van der Waals surface area contributed by atoms with Crippen LogP contribution in [-0.4, -0.2) is 15.5 Å². The topological polar surface area (TPSA) is 46.9 Å². The lowest BCUT2D eigenvalue weighted by molar-refractivity contribution is 0.102. The molecule has 4 rings (SSSR count). The summed E-state index contributed by atoms with van der Waals surface area (Å²) in [5.41, 5.74) is 5.44. The number of fused-ring (bicyclic) bond motifs is 3. The third kappa shape index (κ3) is 2.64. The molecule has 0 unspecified atom stereocenters. The smallest absolute Gasteiger partial charge is 0.257 e. The van der Waals surface area contributed by atoms with Gasteiger partial charge in [0.25, 0.3) is 5.91 Å². The highest BCUT2D eigenvalue weighted by Crippen LogP contribution is 2.31. The number of nitrogens with zero attached hydrogens (tertiary/aromatic N) is 2. The molecule has 1 amide bonds. The number of rotatable bonds is 3. The minimum absolute atomic E-state index is 0.131. The highest BCUT2D eigenvalue weighted by Gasteiger charge is 2.13. The minimum atomic E-state index is -0.131. The number of hydrogen-bond donors (Lipinski definition) is 1. The molecular weight excluding hydrogens is 322 g/mol. The summed E-state index contributed by atoms with van der Waals surface area (Å²) < 4.78 is 2.30. The van der Waals surface area contributed by atoms with Gasteiger partial charge in [-0.3, -0.25) is 9.78 Å². The van der Waals surface area contributed by atoms with Crippen molar-refractivity contribution in [1.29, 1.82) is 0 Å². The van der Waals surface area contributed by atoms with Gasteiger partial charge in [0.2, 0.25) is 0 Å². The van der Waals surface area contributed by atoms with E-state index in [0.717, 1.165) is 29.0 Å². The minimum Gasteiger partial charge on any atom is -0.341 e. The maximum Gasteiger partial charge on any atom is 0.257 e. The highest BCUT2D eigenvalue weighted by molar-refractivity contribution is 6.11. The molecule has 0 aliphatic carbocycles. The largest absolute Gasteiger partial charge is 0.341 e. The summed E-state index contributed by atoms with van der Waals surface area (Å²) in [7, 11) is 0. The average Bonchev–Trinajstić information content (AvgIpc) is 2.94. The summed E-state index contributed by atoms with van der Waals surface area (Å²) in [6.45, 7) is 6.84. The van der Waals surface area contributed by atoms with Crippen molar-refractivity contribution in [3.8, 4) is 0 Å². The van der Waals surface area contributed by atoms with Gasteiger partial charge in [-0.15, -0.1) is 0 Å². The molecule has 0 saturated carbocycles. The van der Waals surface area contributed by atoms with Crippen LogP contribution in [-0.2, 0) is 6.54 Å². The van der Waals surface area contributed by atoms with Gasteiger partial charge in [-0.2, -0.15) is 0 Å². The van der Waals surface area contributed by atoms with Crippen molar-refractivity contribution in [2.45, 2.75) is 27.3 Å². The Kier molecular flexibility index (Phi) is 3.96. The molecule has 0 aliphatic rings. The predicted octanol–water partition coefficient (Wildman–Crippen LogP) is 5.08. The van der Waals surface area contributed by atoms with Crippen LogP contribution in [0.3, 0.4) is 0 Å². The summed E-state index contributed by atoms with van der Waals surface area (Å²) in [4.78, 5) is 17.0. The Bertz CT molecular complexity index is 1140. The fourth-order valence-corrected chi connectivity index (χ4v) is 3.60. The van der Waals surface area contributed by atoms with Crippen molar-refractivity contribution in [1.82, 2.24) is 9.55 Å². The average molecular weight is 343 g/mol. The quantitative estimate of drug-likeness (QED) is 0.564. The Hall–Kier alpha value is -3.14. The number of benzene rings is 2. The second-order valence-electron chi connectivity index (χ2n) is 6.53. The van der Waals surface area contributed by atoms with Crippen molar-refractivity contribution >= 4 is 33.4 Å². The van der Waals surface area contributed by atoms with Crippen molar-refractivity contribution in [3.63, 3.8) is 0 Å². The van der Waals surface area contributed by atoms with Crippen LogP contribution < -0.4 is 5.32 Å². The Morgan fingerprint density at radius 1 is 1.00 bits per heavy atom.